The van der Waals surface area contributed by atoms with Crippen molar-refractivity contribution in [3.63, 3.8) is 0 Å². The number of amides is 2. The first-order chi connectivity index (χ1) is 9.05. The molecule has 0 spiro atoms. The van der Waals surface area contributed by atoms with Crippen LogP contribution in [0.2, 0.25) is 0 Å². The summed E-state index contributed by atoms with van der Waals surface area (Å²) in [6.07, 6.45) is 1.83. The molecule has 0 bridgehead atoms. The molecule has 2 rings (SSSR count). The van der Waals surface area contributed by atoms with Gasteiger partial charge in [0, 0.05) is 18.3 Å². The molecule has 1 aromatic rings. The number of hydrogen-bond acceptors (Lipinski definition) is 3. The third-order valence-electron chi connectivity index (χ3n) is 3.48. The number of anilines is 1. The summed E-state index contributed by atoms with van der Waals surface area (Å²) in [6, 6.07) is 6.92. The van der Waals surface area contributed by atoms with E-state index in [2.05, 4.69) is 16.0 Å². The maximum Gasteiger partial charge on any atom is 0.251 e. The minimum atomic E-state index is -0.511. The molecular weight excluding hydrogens is 242 g/mol. The fourth-order valence-corrected chi connectivity index (χ4v) is 2.24. The molecule has 1 fully saturated rings. The summed E-state index contributed by atoms with van der Waals surface area (Å²) in [4.78, 5) is 23.7. The monoisotopic (exact) mass is 261 g/mol. The van der Waals surface area contributed by atoms with Gasteiger partial charge in [0.05, 0.1) is 5.54 Å². The van der Waals surface area contributed by atoms with Gasteiger partial charge in [-0.05, 0) is 44.5 Å². The SMILES string of the molecule is CNC(=O)c1cccc(NC(=O)C2(C)CCCN2)c1. The maximum atomic E-state index is 12.2. The molecule has 0 aliphatic carbocycles. The van der Waals surface area contributed by atoms with Crippen molar-refractivity contribution in [2.75, 3.05) is 18.9 Å². The van der Waals surface area contributed by atoms with Crippen molar-refractivity contribution < 1.29 is 9.59 Å². The number of carbonyl (C=O) groups is 2. The molecule has 1 aromatic carbocycles. The van der Waals surface area contributed by atoms with Crippen LogP contribution in [0, 0.1) is 0 Å². The van der Waals surface area contributed by atoms with E-state index in [4.69, 9.17) is 0 Å². The van der Waals surface area contributed by atoms with E-state index < -0.39 is 5.54 Å². The second-order valence-corrected chi connectivity index (χ2v) is 4.98. The first-order valence-electron chi connectivity index (χ1n) is 6.44. The van der Waals surface area contributed by atoms with Crippen molar-refractivity contribution in [1.29, 1.82) is 0 Å². The van der Waals surface area contributed by atoms with Crippen LogP contribution >= 0.6 is 0 Å². The largest absolute Gasteiger partial charge is 0.355 e. The highest BCUT2D eigenvalue weighted by Crippen LogP contribution is 2.21. The van der Waals surface area contributed by atoms with E-state index >= 15 is 0 Å². The number of hydrogen-bond donors (Lipinski definition) is 3. The minimum absolute atomic E-state index is 0.0564. The molecule has 0 saturated carbocycles. The first-order valence-corrected chi connectivity index (χ1v) is 6.44. The molecule has 5 nitrogen and oxygen atoms in total. The van der Waals surface area contributed by atoms with Crippen molar-refractivity contribution in [2.45, 2.75) is 25.3 Å². The fraction of sp³-hybridized carbons (Fsp3) is 0.429. The Labute approximate surface area is 112 Å². The molecule has 1 heterocycles. The number of carbonyl (C=O) groups excluding carboxylic acids is 2. The maximum absolute atomic E-state index is 12.2. The van der Waals surface area contributed by atoms with E-state index in [1.807, 2.05) is 6.92 Å². The van der Waals surface area contributed by atoms with Crippen molar-refractivity contribution in [1.82, 2.24) is 10.6 Å². The molecule has 1 aliphatic rings. The zero-order valence-corrected chi connectivity index (χ0v) is 11.2. The summed E-state index contributed by atoms with van der Waals surface area (Å²) in [5, 5.41) is 8.63. The molecule has 1 atom stereocenters. The second-order valence-electron chi connectivity index (χ2n) is 4.98. The number of nitrogens with one attached hydrogen (secondary N) is 3. The smallest absolute Gasteiger partial charge is 0.251 e. The molecule has 0 radical (unpaired) electrons. The second kappa shape index (κ2) is 5.40. The van der Waals surface area contributed by atoms with Gasteiger partial charge in [0.2, 0.25) is 5.91 Å². The average Bonchev–Trinajstić information content (AvgIpc) is 2.86. The van der Waals surface area contributed by atoms with Gasteiger partial charge in [-0.15, -0.1) is 0 Å². The highest BCUT2D eigenvalue weighted by molar-refractivity contribution is 6.00. The highest BCUT2D eigenvalue weighted by Gasteiger charge is 2.35. The summed E-state index contributed by atoms with van der Waals surface area (Å²) < 4.78 is 0. The first kappa shape index (κ1) is 13.5. The predicted octanol–water partition coefficient (Wildman–Crippen LogP) is 1.13. The predicted molar refractivity (Wildman–Crippen MR) is 74.1 cm³/mol. The lowest BCUT2D eigenvalue weighted by molar-refractivity contribution is -0.121. The van der Waals surface area contributed by atoms with Crippen LogP contribution in [-0.2, 0) is 4.79 Å². The van der Waals surface area contributed by atoms with Gasteiger partial charge in [0.15, 0.2) is 0 Å². The summed E-state index contributed by atoms with van der Waals surface area (Å²) in [5.41, 5.74) is 0.661. The normalized spacial score (nSPS) is 22.0. The topological polar surface area (TPSA) is 70.2 Å². The van der Waals surface area contributed by atoms with Gasteiger partial charge in [-0.25, -0.2) is 0 Å². The van der Waals surface area contributed by atoms with Crippen LogP contribution < -0.4 is 16.0 Å². The molecule has 5 heteroatoms. The third kappa shape index (κ3) is 2.93. The van der Waals surface area contributed by atoms with E-state index in [0.29, 0.717) is 11.3 Å². The van der Waals surface area contributed by atoms with Crippen molar-refractivity contribution in [3.8, 4) is 0 Å². The Morgan fingerprint density at radius 1 is 1.37 bits per heavy atom. The summed E-state index contributed by atoms with van der Waals surface area (Å²) in [6.45, 7) is 2.76. The Morgan fingerprint density at radius 2 is 2.16 bits per heavy atom. The molecular formula is C14H19N3O2. The standard InChI is InChI=1S/C14H19N3O2/c1-14(7-4-8-16-14)13(19)17-11-6-3-5-10(9-11)12(18)15-2/h3,5-6,9,16H,4,7-8H2,1-2H3,(H,15,18)(H,17,19). The Kier molecular flexibility index (Phi) is 3.85. The van der Waals surface area contributed by atoms with Crippen LogP contribution in [0.25, 0.3) is 0 Å². The van der Waals surface area contributed by atoms with Crippen LogP contribution in [0.15, 0.2) is 24.3 Å². The zero-order chi connectivity index (χ0) is 13.9. The Hall–Kier alpha value is -1.88. The van der Waals surface area contributed by atoms with Gasteiger partial charge in [-0.1, -0.05) is 6.07 Å². The summed E-state index contributed by atoms with van der Waals surface area (Å²) >= 11 is 0. The van der Waals surface area contributed by atoms with E-state index in [1.165, 1.54) is 0 Å². The minimum Gasteiger partial charge on any atom is -0.355 e. The Bertz CT molecular complexity index is 493. The van der Waals surface area contributed by atoms with Crippen molar-refractivity contribution in [3.05, 3.63) is 29.8 Å². The average molecular weight is 261 g/mol. The molecule has 0 aromatic heterocycles. The zero-order valence-electron chi connectivity index (χ0n) is 11.2. The fourth-order valence-electron chi connectivity index (χ4n) is 2.24. The summed E-state index contributed by atoms with van der Waals surface area (Å²) in [7, 11) is 1.58. The van der Waals surface area contributed by atoms with Crippen LogP contribution in [0.3, 0.4) is 0 Å². The lowest BCUT2D eigenvalue weighted by atomic mass is 9.99. The molecule has 2 amide bonds. The van der Waals surface area contributed by atoms with Gasteiger partial charge in [0.25, 0.3) is 5.91 Å². The lowest BCUT2D eigenvalue weighted by Crippen LogP contribution is -2.47. The van der Waals surface area contributed by atoms with Crippen LogP contribution in [-0.4, -0.2) is 30.9 Å². The van der Waals surface area contributed by atoms with Crippen LogP contribution in [0.4, 0.5) is 5.69 Å². The van der Waals surface area contributed by atoms with Gasteiger partial charge >= 0.3 is 0 Å². The van der Waals surface area contributed by atoms with Crippen molar-refractivity contribution in [2.24, 2.45) is 0 Å². The van der Waals surface area contributed by atoms with E-state index in [0.717, 1.165) is 19.4 Å². The van der Waals surface area contributed by atoms with Crippen LogP contribution in [0.5, 0.6) is 0 Å². The summed E-state index contributed by atoms with van der Waals surface area (Å²) in [5.74, 6) is -0.222. The molecule has 1 saturated heterocycles. The van der Waals surface area contributed by atoms with Crippen LogP contribution in [0.1, 0.15) is 30.1 Å². The quantitative estimate of drug-likeness (QED) is 0.764. The molecule has 1 aliphatic heterocycles. The molecule has 19 heavy (non-hydrogen) atoms. The van der Waals surface area contributed by atoms with Gasteiger partial charge in [-0.3, -0.25) is 9.59 Å². The Balaban J connectivity index is 2.11. The number of benzene rings is 1. The number of rotatable bonds is 3. The Morgan fingerprint density at radius 3 is 2.79 bits per heavy atom. The van der Waals surface area contributed by atoms with Gasteiger partial charge in [0.1, 0.15) is 0 Å². The molecule has 1 unspecified atom stereocenters. The van der Waals surface area contributed by atoms with E-state index in [9.17, 15) is 9.59 Å². The van der Waals surface area contributed by atoms with Crippen molar-refractivity contribution >= 4 is 17.5 Å². The van der Waals surface area contributed by atoms with Gasteiger partial charge < -0.3 is 16.0 Å². The third-order valence-corrected chi connectivity index (χ3v) is 3.48. The van der Waals surface area contributed by atoms with Gasteiger partial charge in [-0.2, -0.15) is 0 Å². The molecule has 102 valence electrons. The van der Waals surface area contributed by atoms with E-state index in [-0.39, 0.29) is 11.8 Å². The van der Waals surface area contributed by atoms with E-state index in [1.54, 1.807) is 31.3 Å². The highest BCUT2D eigenvalue weighted by atomic mass is 16.2. The molecule has 3 N–H and O–H groups in total. The lowest BCUT2D eigenvalue weighted by Gasteiger charge is -2.23.